The van der Waals surface area contributed by atoms with Crippen molar-refractivity contribution >= 4 is 5.82 Å². The van der Waals surface area contributed by atoms with E-state index >= 15 is 0 Å². The van der Waals surface area contributed by atoms with E-state index in [1.54, 1.807) is 12.7 Å². The maximum absolute atomic E-state index is 5.87. The molecule has 1 aliphatic carbocycles. The number of rotatable bonds is 3. The average molecular weight is 396 g/mol. The summed E-state index contributed by atoms with van der Waals surface area (Å²) in [5.41, 5.74) is 9.35. The molecular weight excluding hydrogens is 366 g/mol. The summed E-state index contributed by atoms with van der Waals surface area (Å²) in [5, 5.41) is 0. The summed E-state index contributed by atoms with van der Waals surface area (Å²) >= 11 is 0. The summed E-state index contributed by atoms with van der Waals surface area (Å²) in [5.74, 6) is 1.98. The van der Waals surface area contributed by atoms with Crippen molar-refractivity contribution in [1.29, 1.82) is 0 Å². The molecule has 8 nitrogen and oxygen atoms in total. The van der Waals surface area contributed by atoms with Gasteiger partial charge < -0.3 is 9.64 Å². The Morgan fingerprint density at radius 1 is 1.00 bits per heavy atom. The van der Waals surface area contributed by atoms with Gasteiger partial charge in [-0.2, -0.15) is 0 Å². The fraction of sp³-hybridized carbons (Fsp3) is 0.619. The van der Waals surface area contributed by atoms with Gasteiger partial charge in [-0.15, -0.1) is 0 Å². The molecule has 0 aromatic carbocycles. The number of nitrogens with one attached hydrogen (secondary N) is 2. The summed E-state index contributed by atoms with van der Waals surface area (Å²) in [4.78, 5) is 20.0. The lowest BCUT2D eigenvalue weighted by molar-refractivity contribution is -0.00547. The van der Waals surface area contributed by atoms with Crippen LogP contribution >= 0.6 is 0 Å². The zero-order valence-corrected chi connectivity index (χ0v) is 17.0. The minimum atomic E-state index is 0.185. The molecule has 4 heterocycles. The Hall–Kier alpha value is -2.16. The Balaban J connectivity index is 1.35. The van der Waals surface area contributed by atoms with Crippen LogP contribution in [0.3, 0.4) is 0 Å². The van der Waals surface area contributed by atoms with Crippen LogP contribution in [-0.2, 0) is 4.74 Å². The van der Waals surface area contributed by atoms with E-state index in [1.165, 1.54) is 5.56 Å². The first-order valence-electron chi connectivity index (χ1n) is 10.7. The van der Waals surface area contributed by atoms with Crippen molar-refractivity contribution in [1.82, 2.24) is 30.8 Å². The topological polar surface area (TPSA) is 88.1 Å². The Labute approximate surface area is 171 Å². The lowest BCUT2D eigenvalue weighted by Crippen LogP contribution is -2.46. The van der Waals surface area contributed by atoms with Gasteiger partial charge in [0.2, 0.25) is 0 Å². The van der Waals surface area contributed by atoms with Crippen LogP contribution in [0.4, 0.5) is 5.82 Å². The van der Waals surface area contributed by atoms with E-state index in [-0.39, 0.29) is 18.2 Å². The molecule has 2 N–H and O–H groups in total. The molecule has 154 valence electrons. The number of morpholine rings is 1. The van der Waals surface area contributed by atoms with Gasteiger partial charge >= 0.3 is 0 Å². The first-order valence-corrected chi connectivity index (χ1v) is 10.7. The highest BCUT2D eigenvalue weighted by molar-refractivity contribution is 5.41. The monoisotopic (exact) mass is 395 g/mol. The zero-order valence-electron chi connectivity index (χ0n) is 17.0. The number of hydrogen-bond acceptors (Lipinski definition) is 8. The minimum Gasteiger partial charge on any atom is -0.372 e. The Morgan fingerprint density at radius 3 is 2.59 bits per heavy atom. The summed E-state index contributed by atoms with van der Waals surface area (Å²) in [6.45, 7) is 5.96. The number of aromatic nitrogens is 4. The highest BCUT2D eigenvalue weighted by Gasteiger charge is 2.42. The largest absolute Gasteiger partial charge is 0.372 e. The molecular formula is C21H29N7O. The number of ether oxygens (including phenoxy) is 1. The second kappa shape index (κ2) is 7.93. The fourth-order valence-corrected chi connectivity index (χ4v) is 5.24. The third-order valence-electron chi connectivity index (χ3n) is 6.54. The van der Waals surface area contributed by atoms with Crippen LogP contribution in [0.5, 0.6) is 0 Å². The van der Waals surface area contributed by atoms with Crippen LogP contribution in [0.25, 0.3) is 0 Å². The molecule has 5 rings (SSSR count). The molecule has 1 saturated carbocycles. The maximum atomic E-state index is 5.87. The normalized spacial score (nSPS) is 34.8. The summed E-state index contributed by atoms with van der Waals surface area (Å²) in [7, 11) is 0. The van der Waals surface area contributed by atoms with Gasteiger partial charge in [-0.05, 0) is 50.5 Å². The zero-order chi connectivity index (χ0) is 19.8. The molecule has 2 aliphatic heterocycles. The van der Waals surface area contributed by atoms with E-state index in [1.807, 2.05) is 12.4 Å². The van der Waals surface area contributed by atoms with Crippen molar-refractivity contribution in [3.8, 4) is 0 Å². The summed E-state index contributed by atoms with van der Waals surface area (Å²) < 4.78 is 5.87. The predicted octanol–water partition coefficient (Wildman–Crippen LogP) is 1.98. The van der Waals surface area contributed by atoms with Gasteiger partial charge in [0.05, 0.1) is 23.9 Å². The van der Waals surface area contributed by atoms with Crippen LogP contribution in [0.15, 0.2) is 31.1 Å². The molecule has 0 radical (unpaired) electrons. The highest BCUT2D eigenvalue weighted by atomic mass is 16.5. The first-order chi connectivity index (χ1) is 14.2. The van der Waals surface area contributed by atoms with Gasteiger partial charge in [-0.1, -0.05) is 0 Å². The van der Waals surface area contributed by atoms with Gasteiger partial charge in [-0.25, -0.2) is 25.4 Å². The Bertz CT molecular complexity index is 825. The lowest BCUT2D eigenvalue weighted by Gasteiger charge is -2.36. The first kappa shape index (κ1) is 18.8. The molecule has 8 heteroatoms. The van der Waals surface area contributed by atoms with E-state index in [2.05, 4.69) is 55.6 Å². The number of fused-ring (bicyclic) bond motifs is 1. The van der Waals surface area contributed by atoms with Crippen molar-refractivity contribution in [3.05, 3.63) is 42.4 Å². The van der Waals surface area contributed by atoms with Crippen molar-refractivity contribution < 1.29 is 4.74 Å². The quantitative estimate of drug-likeness (QED) is 0.816. The third-order valence-corrected chi connectivity index (χ3v) is 6.54. The van der Waals surface area contributed by atoms with Gasteiger partial charge in [0.1, 0.15) is 18.5 Å². The average Bonchev–Trinajstić information content (AvgIpc) is 3.17. The molecule has 4 unspecified atom stereocenters. The van der Waals surface area contributed by atoms with E-state index in [0.717, 1.165) is 43.9 Å². The smallest absolute Gasteiger partial charge is 0.132 e. The van der Waals surface area contributed by atoms with Crippen LogP contribution in [-0.4, -0.2) is 51.3 Å². The third kappa shape index (κ3) is 3.84. The van der Waals surface area contributed by atoms with E-state index < -0.39 is 0 Å². The van der Waals surface area contributed by atoms with Gasteiger partial charge in [0.15, 0.2) is 0 Å². The van der Waals surface area contributed by atoms with Crippen LogP contribution in [0.2, 0.25) is 0 Å². The number of nitrogens with zero attached hydrogens (tertiary/aromatic N) is 5. The molecule has 2 aromatic rings. The molecule has 3 fully saturated rings. The van der Waals surface area contributed by atoms with Gasteiger partial charge in [0, 0.05) is 37.6 Å². The van der Waals surface area contributed by atoms with Crippen LogP contribution in [0.1, 0.15) is 56.3 Å². The SMILES string of the molecule is C[C@@H]1CN(c2cc(C3NNC4CCC(c5cncnc5)CC43)ncn2)C[C@H](C)O1. The van der Waals surface area contributed by atoms with Gasteiger partial charge in [-0.3, -0.25) is 5.43 Å². The van der Waals surface area contributed by atoms with E-state index in [9.17, 15) is 0 Å². The van der Waals surface area contributed by atoms with Gasteiger partial charge in [0.25, 0.3) is 0 Å². The van der Waals surface area contributed by atoms with Crippen molar-refractivity contribution in [2.24, 2.45) is 5.92 Å². The highest BCUT2D eigenvalue weighted by Crippen LogP contribution is 2.43. The standard InChI is InChI=1S/C21H29N7O/c1-13-9-28(10-14(2)29-13)20-6-19(24-12-25-20)21-17-5-15(3-4-18(17)26-27-21)16-7-22-11-23-8-16/h6-8,11-15,17-18,21,26-27H,3-5,9-10H2,1-2H3/t13-,14+,15?,17?,18?,21?. The molecule has 0 spiro atoms. The molecule has 0 bridgehead atoms. The number of hydrazine groups is 1. The molecule has 0 amide bonds. The maximum Gasteiger partial charge on any atom is 0.132 e. The number of anilines is 1. The van der Waals surface area contributed by atoms with Crippen molar-refractivity contribution in [3.63, 3.8) is 0 Å². The summed E-state index contributed by atoms with van der Waals surface area (Å²) in [6, 6.07) is 2.81. The summed E-state index contributed by atoms with van der Waals surface area (Å²) in [6.07, 6.45) is 11.1. The molecule has 2 saturated heterocycles. The second-order valence-electron chi connectivity index (χ2n) is 8.68. The van der Waals surface area contributed by atoms with Crippen molar-refractivity contribution in [2.75, 3.05) is 18.0 Å². The Kier molecular flexibility index (Phi) is 5.15. The number of hydrogen-bond donors (Lipinski definition) is 2. The predicted molar refractivity (Wildman–Crippen MR) is 109 cm³/mol. The second-order valence-corrected chi connectivity index (χ2v) is 8.68. The Morgan fingerprint density at radius 2 is 1.79 bits per heavy atom. The van der Waals surface area contributed by atoms with Crippen LogP contribution < -0.4 is 15.8 Å². The minimum absolute atomic E-state index is 0.185. The lowest BCUT2D eigenvalue weighted by atomic mass is 9.73. The van der Waals surface area contributed by atoms with E-state index in [0.29, 0.717) is 17.9 Å². The molecule has 3 aliphatic rings. The van der Waals surface area contributed by atoms with E-state index in [4.69, 9.17) is 4.74 Å². The van der Waals surface area contributed by atoms with Crippen molar-refractivity contribution in [2.45, 2.75) is 63.3 Å². The van der Waals surface area contributed by atoms with Crippen LogP contribution in [0, 0.1) is 5.92 Å². The fourth-order valence-electron chi connectivity index (χ4n) is 5.24. The molecule has 2 aromatic heterocycles. The molecule has 6 atom stereocenters. The molecule has 29 heavy (non-hydrogen) atoms.